The molecule has 142 valence electrons. The predicted molar refractivity (Wildman–Crippen MR) is 98.8 cm³/mol. The molecule has 0 aromatic carbocycles. The van der Waals surface area contributed by atoms with Crippen LogP contribution in [0.5, 0.6) is 0 Å². The van der Waals surface area contributed by atoms with Crippen LogP contribution in [-0.4, -0.2) is 51.7 Å². The van der Waals surface area contributed by atoms with Gasteiger partial charge in [0.05, 0.1) is 11.9 Å². The first-order valence-electron chi connectivity index (χ1n) is 9.19. The fourth-order valence-corrected chi connectivity index (χ4v) is 3.82. The van der Waals surface area contributed by atoms with Gasteiger partial charge in [0.1, 0.15) is 16.8 Å². The zero-order chi connectivity index (χ0) is 19.2. The normalized spacial score (nSPS) is 18.6. The van der Waals surface area contributed by atoms with Gasteiger partial charge in [0.25, 0.3) is 5.91 Å². The second-order valence-corrected chi connectivity index (χ2v) is 7.20. The van der Waals surface area contributed by atoms with Gasteiger partial charge in [0, 0.05) is 44.4 Å². The summed E-state index contributed by atoms with van der Waals surface area (Å²) in [6.45, 7) is 5.80. The molecule has 2 fully saturated rings. The maximum absolute atomic E-state index is 13.0. The van der Waals surface area contributed by atoms with Crippen LogP contribution in [0.25, 0.3) is 11.0 Å². The van der Waals surface area contributed by atoms with Crippen LogP contribution >= 0.6 is 0 Å². The number of ether oxygens (including phenoxy) is 1. The first-order valence-corrected chi connectivity index (χ1v) is 9.19. The number of amides is 2. The summed E-state index contributed by atoms with van der Waals surface area (Å²) in [5, 5.41) is 3.13. The number of aryl methyl sites for hydroxylation is 2. The molecule has 0 aliphatic carbocycles. The molecule has 0 bridgehead atoms. The fraction of sp³-hybridized carbons (Fsp3) is 0.474. The Morgan fingerprint density at radius 1 is 1.30 bits per heavy atom. The Morgan fingerprint density at radius 2 is 2.04 bits per heavy atom. The van der Waals surface area contributed by atoms with Gasteiger partial charge in [-0.15, -0.1) is 0 Å². The third-order valence-corrected chi connectivity index (χ3v) is 5.46. The number of pyridine rings is 2. The first-order chi connectivity index (χ1) is 12.9. The summed E-state index contributed by atoms with van der Waals surface area (Å²) in [5.74, 6) is -0.281. The van der Waals surface area contributed by atoms with Gasteiger partial charge < -0.3 is 19.5 Å². The lowest BCUT2D eigenvalue weighted by atomic mass is 9.91. The van der Waals surface area contributed by atoms with Crippen LogP contribution in [-0.2, 0) is 11.3 Å². The van der Waals surface area contributed by atoms with Crippen LogP contribution in [0, 0.1) is 6.92 Å². The van der Waals surface area contributed by atoms with Crippen molar-refractivity contribution in [3.63, 3.8) is 0 Å². The molecule has 2 aromatic heterocycles. The molecule has 4 rings (SSSR count). The minimum absolute atomic E-state index is 0.160. The molecule has 2 aliphatic heterocycles. The van der Waals surface area contributed by atoms with Gasteiger partial charge in [0.2, 0.25) is 5.43 Å². The maximum atomic E-state index is 13.0. The zero-order valence-electron chi connectivity index (χ0n) is 15.4. The number of fused-ring (bicyclic) bond motifs is 1. The van der Waals surface area contributed by atoms with Gasteiger partial charge in [-0.1, -0.05) is 0 Å². The number of likely N-dealkylation sites (tertiary alicyclic amines) is 1. The van der Waals surface area contributed by atoms with Crippen molar-refractivity contribution in [1.29, 1.82) is 0 Å². The van der Waals surface area contributed by atoms with Crippen molar-refractivity contribution >= 4 is 23.0 Å². The minimum atomic E-state index is -0.525. The Bertz CT molecular complexity index is 989. The lowest BCUT2D eigenvalue weighted by Gasteiger charge is -2.37. The van der Waals surface area contributed by atoms with Crippen molar-refractivity contribution in [2.45, 2.75) is 38.8 Å². The number of carbonyl (C=O) groups excluding carboxylic acids is 2. The smallest absolute Gasteiger partial charge is 0.407 e. The lowest BCUT2D eigenvalue weighted by molar-refractivity contribution is 0.00326. The van der Waals surface area contributed by atoms with Gasteiger partial charge in [-0.05, 0) is 26.0 Å². The molecule has 0 unspecified atom stereocenters. The second-order valence-electron chi connectivity index (χ2n) is 7.20. The van der Waals surface area contributed by atoms with Crippen LogP contribution in [0.2, 0.25) is 0 Å². The SMILES string of the molecule is CCn1cc(C(=O)N2CCC3(CC2)CNC(=O)O3)c(=O)c2ccc(C)nc21. The molecule has 2 aromatic rings. The zero-order valence-corrected chi connectivity index (χ0v) is 15.4. The topological polar surface area (TPSA) is 93.5 Å². The third kappa shape index (κ3) is 2.94. The molecular formula is C19H22N4O4. The van der Waals surface area contributed by atoms with E-state index in [0.717, 1.165) is 5.69 Å². The number of alkyl carbamates (subject to hydrolysis) is 1. The highest BCUT2D eigenvalue weighted by molar-refractivity contribution is 5.97. The molecule has 0 saturated carbocycles. The first kappa shape index (κ1) is 17.5. The van der Waals surface area contributed by atoms with Gasteiger partial charge in [-0.25, -0.2) is 9.78 Å². The minimum Gasteiger partial charge on any atom is -0.441 e. The van der Waals surface area contributed by atoms with Crippen molar-refractivity contribution in [2.75, 3.05) is 19.6 Å². The Labute approximate surface area is 156 Å². The Kier molecular flexibility index (Phi) is 4.13. The molecular weight excluding hydrogens is 348 g/mol. The average Bonchev–Trinajstić information content (AvgIpc) is 3.02. The van der Waals surface area contributed by atoms with Crippen molar-refractivity contribution in [2.24, 2.45) is 0 Å². The third-order valence-electron chi connectivity index (χ3n) is 5.46. The lowest BCUT2D eigenvalue weighted by Crippen LogP contribution is -2.49. The number of rotatable bonds is 2. The van der Waals surface area contributed by atoms with Gasteiger partial charge in [0.15, 0.2) is 0 Å². The number of nitrogens with zero attached hydrogens (tertiary/aromatic N) is 3. The quantitative estimate of drug-likeness (QED) is 0.863. The molecule has 1 N–H and O–H groups in total. The van der Waals surface area contributed by atoms with E-state index < -0.39 is 11.7 Å². The summed E-state index contributed by atoms with van der Waals surface area (Å²) in [6, 6.07) is 3.52. The number of hydrogen-bond acceptors (Lipinski definition) is 5. The summed E-state index contributed by atoms with van der Waals surface area (Å²) >= 11 is 0. The predicted octanol–water partition coefficient (Wildman–Crippen LogP) is 1.44. The molecule has 27 heavy (non-hydrogen) atoms. The Hall–Kier alpha value is -2.90. The molecule has 0 radical (unpaired) electrons. The van der Waals surface area contributed by atoms with Crippen molar-refractivity contribution in [3.05, 3.63) is 39.8 Å². The summed E-state index contributed by atoms with van der Waals surface area (Å²) in [7, 11) is 0. The number of aromatic nitrogens is 2. The summed E-state index contributed by atoms with van der Waals surface area (Å²) in [4.78, 5) is 43.4. The molecule has 2 aliphatic rings. The molecule has 2 amide bonds. The number of carbonyl (C=O) groups is 2. The number of hydrogen-bond donors (Lipinski definition) is 1. The Balaban J connectivity index is 1.64. The van der Waals surface area contributed by atoms with E-state index in [1.165, 1.54) is 0 Å². The molecule has 4 heterocycles. The second kappa shape index (κ2) is 6.37. The molecule has 8 nitrogen and oxygen atoms in total. The van der Waals surface area contributed by atoms with Crippen LogP contribution in [0.15, 0.2) is 23.1 Å². The van der Waals surface area contributed by atoms with E-state index in [4.69, 9.17) is 4.74 Å². The van der Waals surface area contributed by atoms with Crippen LogP contribution in [0.1, 0.15) is 35.8 Å². The van der Waals surface area contributed by atoms with Crippen LogP contribution in [0.3, 0.4) is 0 Å². The molecule has 8 heteroatoms. The highest BCUT2D eigenvalue weighted by Gasteiger charge is 2.43. The summed E-state index contributed by atoms with van der Waals surface area (Å²) < 4.78 is 7.23. The number of nitrogens with one attached hydrogen (secondary N) is 1. The van der Waals surface area contributed by atoms with Gasteiger partial charge in [-0.2, -0.15) is 0 Å². The standard InChI is InChI=1S/C19H22N4O4/c1-3-22-10-14(15(24)13-5-4-12(2)21-16(13)22)17(25)23-8-6-19(7-9-23)11-20-18(26)27-19/h4-5,10H,3,6-9,11H2,1-2H3,(H,20,26). The molecule has 1 spiro atoms. The van der Waals surface area contributed by atoms with E-state index in [2.05, 4.69) is 10.3 Å². The molecule has 0 atom stereocenters. The monoisotopic (exact) mass is 370 g/mol. The van der Waals surface area contributed by atoms with Crippen molar-refractivity contribution in [3.8, 4) is 0 Å². The van der Waals surface area contributed by atoms with Crippen LogP contribution < -0.4 is 10.7 Å². The van der Waals surface area contributed by atoms with Gasteiger partial charge in [-0.3, -0.25) is 9.59 Å². The van der Waals surface area contributed by atoms with Crippen LogP contribution in [0.4, 0.5) is 4.79 Å². The summed E-state index contributed by atoms with van der Waals surface area (Å²) in [6.07, 6.45) is 2.33. The fourth-order valence-electron chi connectivity index (χ4n) is 3.82. The van der Waals surface area contributed by atoms with Crippen molar-refractivity contribution < 1.29 is 14.3 Å². The van der Waals surface area contributed by atoms with E-state index in [9.17, 15) is 14.4 Å². The van der Waals surface area contributed by atoms with E-state index >= 15 is 0 Å². The summed E-state index contributed by atoms with van der Waals surface area (Å²) in [5.41, 5.74) is 0.765. The highest BCUT2D eigenvalue weighted by Crippen LogP contribution is 2.29. The van der Waals surface area contributed by atoms with Gasteiger partial charge >= 0.3 is 6.09 Å². The number of piperidine rings is 1. The average molecular weight is 370 g/mol. The highest BCUT2D eigenvalue weighted by atomic mass is 16.6. The van der Waals surface area contributed by atoms with Crippen molar-refractivity contribution in [1.82, 2.24) is 19.8 Å². The van der Waals surface area contributed by atoms with E-state index in [-0.39, 0.29) is 16.9 Å². The molecule has 2 saturated heterocycles. The Morgan fingerprint density at radius 3 is 2.67 bits per heavy atom. The van der Waals surface area contributed by atoms with E-state index in [0.29, 0.717) is 50.1 Å². The largest absolute Gasteiger partial charge is 0.441 e. The maximum Gasteiger partial charge on any atom is 0.407 e. The van der Waals surface area contributed by atoms with E-state index in [1.54, 1.807) is 23.2 Å². The van der Waals surface area contributed by atoms with E-state index in [1.807, 2.05) is 18.4 Å².